The second kappa shape index (κ2) is 6.58. The van der Waals surface area contributed by atoms with Gasteiger partial charge in [0, 0.05) is 16.7 Å². The van der Waals surface area contributed by atoms with E-state index in [-0.39, 0.29) is 5.41 Å². The van der Waals surface area contributed by atoms with Crippen LogP contribution in [-0.2, 0) is 4.74 Å². The van der Waals surface area contributed by atoms with Gasteiger partial charge in [-0.25, -0.2) is 0 Å². The smallest absolute Gasteiger partial charge is 0.164 e. The van der Waals surface area contributed by atoms with Crippen molar-refractivity contribution in [2.45, 2.75) is 33.1 Å². The van der Waals surface area contributed by atoms with Crippen molar-refractivity contribution in [3.8, 4) is 0 Å². The molecule has 0 heterocycles. The molecule has 2 unspecified atom stereocenters. The third kappa shape index (κ3) is 2.89. The molecule has 0 radical (unpaired) electrons. The highest BCUT2D eigenvalue weighted by molar-refractivity contribution is 7.82. The molecule has 0 aromatic rings. The summed E-state index contributed by atoms with van der Waals surface area (Å²) in [4.78, 5) is 0.980. The maximum Gasteiger partial charge on any atom is 0.164 e. The Balaban J connectivity index is 2.87. The lowest BCUT2D eigenvalue weighted by Gasteiger charge is -2.35. The van der Waals surface area contributed by atoms with Crippen LogP contribution in [0.5, 0.6) is 0 Å². The Hall–Kier alpha value is -0.540. The van der Waals surface area contributed by atoms with E-state index in [0.717, 1.165) is 17.7 Å². The van der Waals surface area contributed by atoms with Gasteiger partial charge in [-0.15, -0.1) is 13.2 Å². The molecule has 0 aromatic heterocycles. The standard InChI is InChI=1S/C15H22OS2/c1-5-11-8-9-12(6-2)15(11,4)13(17)10-14(18)16-7-3/h5-6,11-12H,1-2,7-10H2,3-4H3/t11-,12?,15?/m0/s1. The summed E-state index contributed by atoms with van der Waals surface area (Å²) in [6.45, 7) is 12.7. The molecule has 3 heteroatoms. The first-order valence-corrected chi connectivity index (χ1v) is 7.26. The highest BCUT2D eigenvalue weighted by Crippen LogP contribution is 2.50. The fourth-order valence-electron chi connectivity index (χ4n) is 2.91. The van der Waals surface area contributed by atoms with Crippen LogP contribution in [0.15, 0.2) is 25.3 Å². The van der Waals surface area contributed by atoms with Crippen molar-refractivity contribution in [2.24, 2.45) is 17.3 Å². The van der Waals surface area contributed by atoms with Gasteiger partial charge in [0.2, 0.25) is 0 Å². The molecule has 3 atom stereocenters. The second-order valence-electron chi connectivity index (χ2n) is 4.95. The third-order valence-electron chi connectivity index (χ3n) is 4.11. The Morgan fingerprint density at radius 3 is 2.17 bits per heavy atom. The lowest BCUT2D eigenvalue weighted by Crippen LogP contribution is -2.36. The maximum atomic E-state index is 5.64. The van der Waals surface area contributed by atoms with E-state index in [1.54, 1.807) is 0 Å². The van der Waals surface area contributed by atoms with Crippen LogP contribution in [-0.4, -0.2) is 16.5 Å². The topological polar surface area (TPSA) is 9.23 Å². The summed E-state index contributed by atoms with van der Waals surface area (Å²) >= 11 is 10.8. The van der Waals surface area contributed by atoms with Crippen LogP contribution in [0.1, 0.15) is 33.1 Å². The van der Waals surface area contributed by atoms with Crippen LogP contribution in [0.2, 0.25) is 0 Å². The number of hydrogen-bond acceptors (Lipinski definition) is 3. The first kappa shape index (κ1) is 15.5. The third-order valence-corrected chi connectivity index (χ3v) is 4.96. The molecule has 1 rings (SSSR count). The lowest BCUT2D eigenvalue weighted by molar-refractivity contribution is 0.321. The zero-order valence-corrected chi connectivity index (χ0v) is 12.9. The molecule has 0 aromatic carbocycles. The number of allylic oxidation sites excluding steroid dienone is 2. The van der Waals surface area contributed by atoms with E-state index in [1.165, 1.54) is 0 Å². The summed E-state index contributed by atoms with van der Waals surface area (Å²) in [6, 6.07) is 0. The molecule has 0 amide bonds. The highest BCUT2D eigenvalue weighted by atomic mass is 32.1. The molecule has 0 spiro atoms. The van der Waals surface area contributed by atoms with Gasteiger partial charge in [-0.2, -0.15) is 0 Å². The lowest BCUT2D eigenvalue weighted by atomic mass is 9.70. The van der Waals surface area contributed by atoms with Crippen molar-refractivity contribution >= 4 is 34.4 Å². The zero-order valence-electron chi connectivity index (χ0n) is 11.3. The predicted octanol–water partition coefficient (Wildman–Crippen LogP) is 4.51. The van der Waals surface area contributed by atoms with Gasteiger partial charge < -0.3 is 4.74 Å². The van der Waals surface area contributed by atoms with Crippen molar-refractivity contribution in [1.29, 1.82) is 0 Å². The molecule has 1 fully saturated rings. The molecular formula is C15H22OS2. The fraction of sp³-hybridized carbons (Fsp3) is 0.600. The molecule has 1 aliphatic carbocycles. The Kier molecular flexibility index (Phi) is 5.67. The molecule has 0 saturated heterocycles. The number of ether oxygens (including phenoxy) is 1. The highest BCUT2D eigenvalue weighted by Gasteiger charge is 2.46. The summed E-state index contributed by atoms with van der Waals surface area (Å²) in [5.41, 5.74) is -0.0556. The normalized spacial score (nSPS) is 30.8. The van der Waals surface area contributed by atoms with Crippen LogP contribution in [0.3, 0.4) is 0 Å². The minimum atomic E-state index is -0.0556. The molecule has 100 valence electrons. The average Bonchev–Trinajstić information content (AvgIpc) is 2.67. The SMILES string of the molecule is C=CC1CC[C@H](C=C)C1(C)C(=S)CC(=S)OCC. The second-order valence-corrected chi connectivity index (χ2v) is 5.90. The van der Waals surface area contributed by atoms with Crippen LogP contribution in [0, 0.1) is 17.3 Å². The Morgan fingerprint density at radius 2 is 1.78 bits per heavy atom. The summed E-state index contributed by atoms with van der Waals surface area (Å²) < 4.78 is 5.35. The minimum Gasteiger partial charge on any atom is -0.487 e. The van der Waals surface area contributed by atoms with Crippen LogP contribution >= 0.6 is 24.4 Å². The number of rotatable bonds is 6. The van der Waals surface area contributed by atoms with E-state index >= 15 is 0 Å². The van der Waals surface area contributed by atoms with Crippen LogP contribution < -0.4 is 0 Å². The van der Waals surface area contributed by atoms with Gasteiger partial charge in [0.25, 0.3) is 0 Å². The van der Waals surface area contributed by atoms with Crippen molar-refractivity contribution in [3.63, 3.8) is 0 Å². The Morgan fingerprint density at radius 1 is 1.28 bits per heavy atom. The summed E-state index contributed by atoms with van der Waals surface area (Å²) in [5.74, 6) is 0.829. The maximum absolute atomic E-state index is 5.64. The fourth-order valence-corrected chi connectivity index (χ4v) is 3.69. The molecule has 1 saturated carbocycles. The Labute approximate surface area is 121 Å². The zero-order chi connectivity index (χ0) is 13.8. The van der Waals surface area contributed by atoms with Crippen molar-refractivity contribution < 1.29 is 4.74 Å². The van der Waals surface area contributed by atoms with Crippen LogP contribution in [0.25, 0.3) is 0 Å². The van der Waals surface area contributed by atoms with Crippen molar-refractivity contribution in [1.82, 2.24) is 0 Å². The number of hydrogen-bond donors (Lipinski definition) is 0. The summed E-state index contributed by atoms with van der Waals surface area (Å²) in [5, 5.41) is 0.598. The quantitative estimate of drug-likeness (QED) is 0.524. The first-order valence-electron chi connectivity index (χ1n) is 6.44. The predicted molar refractivity (Wildman–Crippen MR) is 86.2 cm³/mol. The summed E-state index contributed by atoms with van der Waals surface area (Å²) in [7, 11) is 0. The van der Waals surface area contributed by atoms with Gasteiger partial charge >= 0.3 is 0 Å². The van der Waals surface area contributed by atoms with E-state index < -0.39 is 0 Å². The molecule has 1 aliphatic rings. The minimum absolute atomic E-state index is 0.0556. The van der Waals surface area contributed by atoms with Crippen LogP contribution in [0.4, 0.5) is 0 Å². The van der Waals surface area contributed by atoms with E-state index in [1.807, 2.05) is 19.1 Å². The van der Waals surface area contributed by atoms with Gasteiger partial charge in [0.05, 0.1) is 6.61 Å². The number of thiocarbonyl (C=S) groups is 2. The van der Waals surface area contributed by atoms with Crippen molar-refractivity contribution in [3.05, 3.63) is 25.3 Å². The van der Waals surface area contributed by atoms with Gasteiger partial charge in [0.1, 0.15) is 0 Å². The van der Waals surface area contributed by atoms with Gasteiger partial charge in [0.15, 0.2) is 5.05 Å². The van der Waals surface area contributed by atoms with Gasteiger partial charge in [-0.1, -0.05) is 31.3 Å². The molecule has 18 heavy (non-hydrogen) atoms. The van der Waals surface area contributed by atoms with Gasteiger partial charge in [-0.3, -0.25) is 0 Å². The Bertz CT molecular complexity index is 344. The molecular weight excluding hydrogens is 260 g/mol. The summed E-state index contributed by atoms with van der Waals surface area (Å²) in [6.07, 6.45) is 6.89. The van der Waals surface area contributed by atoms with Crippen molar-refractivity contribution in [2.75, 3.05) is 6.61 Å². The average molecular weight is 282 g/mol. The first-order chi connectivity index (χ1) is 8.50. The van der Waals surface area contributed by atoms with Gasteiger partial charge in [-0.05, 0) is 43.8 Å². The molecule has 1 nitrogen and oxygen atoms in total. The molecule has 0 bridgehead atoms. The monoisotopic (exact) mass is 282 g/mol. The molecule has 0 N–H and O–H groups in total. The largest absolute Gasteiger partial charge is 0.487 e. The molecule has 0 aliphatic heterocycles. The van der Waals surface area contributed by atoms with E-state index in [4.69, 9.17) is 29.2 Å². The van der Waals surface area contributed by atoms with E-state index in [9.17, 15) is 0 Å². The van der Waals surface area contributed by atoms with E-state index in [0.29, 0.717) is 29.9 Å². The van der Waals surface area contributed by atoms with E-state index in [2.05, 4.69) is 20.1 Å².